The van der Waals surface area contributed by atoms with Crippen LogP contribution in [0.15, 0.2) is 29.7 Å². The van der Waals surface area contributed by atoms with Crippen LogP contribution < -0.4 is 17.0 Å². The molecule has 0 spiro atoms. The summed E-state index contributed by atoms with van der Waals surface area (Å²) in [4.78, 5) is 0. The van der Waals surface area contributed by atoms with E-state index in [4.69, 9.17) is 5.21 Å². The van der Waals surface area contributed by atoms with E-state index in [0.29, 0.717) is 0 Å². The quantitative estimate of drug-likeness (QED) is 0.269. The van der Waals surface area contributed by atoms with Crippen molar-refractivity contribution in [2.24, 2.45) is 12.2 Å². The van der Waals surface area contributed by atoms with Gasteiger partial charge < -0.3 is 17.6 Å². The predicted octanol–water partition coefficient (Wildman–Crippen LogP) is -1.74. The number of nitrogens with zero attached hydrogens (tertiary/aromatic N) is 2. The van der Waals surface area contributed by atoms with Crippen molar-refractivity contribution in [1.82, 2.24) is 0 Å². The van der Waals surface area contributed by atoms with E-state index in [1.54, 1.807) is 13.2 Å². The van der Waals surface area contributed by atoms with Crippen LogP contribution in [0.1, 0.15) is 5.56 Å². The summed E-state index contributed by atoms with van der Waals surface area (Å²) in [6.07, 6.45) is -1.85. The van der Waals surface area contributed by atoms with Gasteiger partial charge in [0.1, 0.15) is 7.05 Å². The lowest BCUT2D eigenvalue weighted by Crippen LogP contribution is -3.00. The molecule has 3 nitrogen and oxygen atoms in total. The summed E-state index contributed by atoms with van der Waals surface area (Å²) < 4.78 is 38.2. The number of alkyl halides is 3. The molecule has 15 heavy (non-hydrogen) atoms. The van der Waals surface area contributed by atoms with Gasteiger partial charge in [-0.15, -0.1) is 0 Å². The van der Waals surface area contributed by atoms with E-state index in [0.717, 1.165) is 0 Å². The van der Waals surface area contributed by atoms with Gasteiger partial charge in [0.15, 0.2) is 18.1 Å². The third-order valence-corrected chi connectivity index (χ3v) is 1.58. The Bertz CT molecular complexity index is 365. The highest BCUT2D eigenvalue weighted by Crippen LogP contribution is 2.21. The molecule has 0 fully saturated rings. The zero-order valence-corrected chi connectivity index (χ0v) is 8.42. The van der Waals surface area contributed by atoms with E-state index < -0.39 is 11.9 Å². The molecule has 0 atom stereocenters. The van der Waals surface area contributed by atoms with Gasteiger partial charge >= 0.3 is 6.18 Å². The van der Waals surface area contributed by atoms with Gasteiger partial charge in [0.25, 0.3) is 0 Å². The molecule has 0 aliphatic heterocycles. The van der Waals surface area contributed by atoms with Crippen LogP contribution in [0.3, 0.4) is 0 Å². The molecule has 1 heterocycles. The SMILES string of the molecule is C[n+]1cccc(C(=NO)C(F)(F)F)c1.[Cl-]. The molecule has 0 saturated heterocycles. The Balaban J connectivity index is 0.00000196. The standard InChI is InChI=1S/C8H7F3N2O.ClH/c1-13-4-2-3-6(5-13)7(12-14)8(9,10)11;/h2-5H,1H3;1H. The van der Waals surface area contributed by atoms with Gasteiger partial charge in [-0.05, 0) is 6.07 Å². The van der Waals surface area contributed by atoms with Crippen molar-refractivity contribution in [2.45, 2.75) is 6.18 Å². The molecule has 0 aromatic carbocycles. The predicted molar refractivity (Wildman–Crippen MR) is 42.0 cm³/mol. The van der Waals surface area contributed by atoms with Gasteiger partial charge in [-0.1, -0.05) is 5.16 Å². The molecule has 0 aliphatic rings. The molecule has 0 amide bonds. The molecule has 0 radical (unpaired) electrons. The van der Waals surface area contributed by atoms with Crippen LogP contribution in [-0.2, 0) is 7.05 Å². The second-order valence-electron chi connectivity index (χ2n) is 2.70. The van der Waals surface area contributed by atoms with Crippen molar-refractivity contribution < 1.29 is 35.4 Å². The first kappa shape index (κ1) is 13.7. The van der Waals surface area contributed by atoms with Crippen LogP contribution in [0.2, 0.25) is 0 Å². The molecular formula is C8H8ClF3N2O. The van der Waals surface area contributed by atoms with E-state index in [1.165, 1.54) is 22.9 Å². The summed E-state index contributed by atoms with van der Waals surface area (Å²) in [5, 5.41) is 10.5. The number of hydrogen-bond donors (Lipinski definition) is 1. The number of pyridine rings is 1. The molecule has 0 saturated carbocycles. The Labute approximate surface area is 90.2 Å². The summed E-state index contributed by atoms with van der Waals surface area (Å²) >= 11 is 0. The van der Waals surface area contributed by atoms with Crippen LogP contribution in [0.4, 0.5) is 13.2 Å². The Hall–Kier alpha value is -1.30. The highest BCUT2D eigenvalue weighted by molar-refractivity contribution is 6.03. The maximum Gasteiger partial charge on any atom is 0.437 e. The van der Waals surface area contributed by atoms with Crippen LogP contribution in [0, 0.1) is 0 Å². The summed E-state index contributed by atoms with van der Waals surface area (Å²) in [6, 6.07) is 2.66. The van der Waals surface area contributed by atoms with Gasteiger partial charge in [0, 0.05) is 6.07 Å². The van der Waals surface area contributed by atoms with Crippen molar-refractivity contribution in [3.63, 3.8) is 0 Å². The second kappa shape index (κ2) is 4.97. The molecule has 1 rings (SSSR count). The van der Waals surface area contributed by atoms with Gasteiger partial charge in [-0.2, -0.15) is 13.2 Å². The lowest BCUT2D eigenvalue weighted by molar-refractivity contribution is -0.671. The fourth-order valence-electron chi connectivity index (χ4n) is 1.01. The number of aromatic nitrogens is 1. The van der Waals surface area contributed by atoms with Crippen LogP contribution in [-0.4, -0.2) is 17.1 Å². The first-order chi connectivity index (χ1) is 6.45. The maximum absolute atomic E-state index is 12.2. The molecule has 0 unspecified atom stereocenters. The van der Waals surface area contributed by atoms with Crippen molar-refractivity contribution in [3.05, 3.63) is 30.1 Å². The molecule has 1 aromatic rings. The van der Waals surface area contributed by atoms with Gasteiger partial charge in [-0.3, -0.25) is 0 Å². The molecule has 84 valence electrons. The zero-order chi connectivity index (χ0) is 10.8. The fraction of sp³-hybridized carbons (Fsp3) is 0.250. The fourth-order valence-corrected chi connectivity index (χ4v) is 1.01. The average molecular weight is 241 g/mol. The Morgan fingerprint density at radius 3 is 2.47 bits per heavy atom. The van der Waals surface area contributed by atoms with E-state index in [1.807, 2.05) is 0 Å². The zero-order valence-electron chi connectivity index (χ0n) is 7.66. The van der Waals surface area contributed by atoms with Gasteiger partial charge in [0.05, 0.1) is 5.56 Å². The second-order valence-corrected chi connectivity index (χ2v) is 2.70. The summed E-state index contributed by atoms with van der Waals surface area (Å²) in [6.45, 7) is 0. The third-order valence-electron chi connectivity index (χ3n) is 1.58. The first-order valence-electron chi connectivity index (χ1n) is 3.70. The van der Waals surface area contributed by atoms with E-state index in [2.05, 4.69) is 5.16 Å². The maximum atomic E-state index is 12.2. The van der Waals surface area contributed by atoms with Crippen LogP contribution in [0.25, 0.3) is 0 Å². The largest absolute Gasteiger partial charge is 1.00 e. The average Bonchev–Trinajstić information content (AvgIpc) is 2.02. The summed E-state index contributed by atoms with van der Waals surface area (Å²) in [5.74, 6) is 0. The minimum absolute atomic E-state index is 0. The Kier molecular flexibility index (Phi) is 4.54. The topological polar surface area (TPSA) is 36.5 Å². The number of hydrogen-bond acceptors (Lipinski definition) is 2. The normalized spacial score (nSPS) is 12.1. The van der Waals surface area contributed by atoms with E-state index in [9.17, 15) is 13.2 Å². The molecular weight excluding hydrogens is 233 g/mol. The van der Waals surface area contributed by atoms with Gasteiger partial charge in [-0.25, -0.2) is 4.57 Å². The number of oxime groups is 1. The lowest BCUT2D eigenvalue weighted by Gasteiger charge is -2.06. The van der Waals surface area contributed by atoms with E-state index >= 15 is 0 Å². The van der Waals surface area contributed by atoms with Crippen molar-refractivity contribution in [2.75, 3.05) is 0 Å². The van der Waals surface area contributed by atoms with Crippen molar-refractivity contribution >= 4 is 5.71 Å². The molecule has 7 heteroatoms. The van der Waals surface area contributed by atoms with Crippen LogP contribution in [0.5, 0.6) is 0 Å². The number of rotatable bonds is 1. The number of aryl methyl sites for hydroxylation is 1. The molecule has 0 aliphatic carbocycles. The minimum atomic E-state index is -4.65. The number of halogens is 4. The van der Waals surface area contributed by atoms with Gasteiger partial charge in [0.2, 0.25) is 0 Å². The van der Waals surface area contributed by atoms with Crippen molar-refractivity contribution in [3.8, 4) is 0 Å². The highest BCUT2D eigenvalue weighted by atomic mass is 35.5. The summed E-state index contributed by atoms with van der Waals surface area (Å²) in [7, 11) is 1.58. The van der Waals surface area contributed by atoms with Crippen LogP contribution >= 0.6 is 0 Å². The monoisotopic (exact) mass is 240 g/mol. The summed E-state index contributed by atoms with van der Waals surface area (Å²) in [5.41, 5.74) is -1.47. The molecule has 0 bridgehead atoms. The molecule has 1 N–H and O–H groups in total. The third kappa shape index (κ3) is 3.39. The van der Waals surface area contributed by atoms with Crippen molar-refractivity contribution in [1.29, 1.82) is 0 Å². The molecule has 1 aromatic heterocycles. The smallest absolute Gasteiger partial charge is 0.437 e. The Morgan fingerprint density at radius 1 is 1.47 bits per heavy atom. The Morgan fingerprint density at radius 2 is 2.07 bits per heavy atom. The van der Waals surface area contributed by atoms with E-state index in [-0.39, 0.29) is 18.0 Å². The highest BCUT2D eigenvalue weighted by Gasteiger charge is 2.38. The minimum Gasteiger partial charge on any atom is -1.00 e. The lowest BCUT2D eigenvalue weighted by atomic mass is 10.2. The first-order valence-corrected chi connectivity index (χ1v) is 3.70.